The molecule has 2 aliphatic rings. The van der Waals surface area contributed by atoms with Gasteiger partial charge in [0.05, 0.1) is 4.90 Å². The van der Waals surface area contributed by atoms with Crippen LogP contribution in [0.3, 0.4) is 0 Å². The van der Waals surface area contributed by atoms with Crippen LogP contribution < -0.4 is 0 Å². The highest BCUT2D eigenvalue weighted by Crippen LogP contribution is 2.50. The number of piperidine rings is 1. The molecule has 2 fully saturated rings. The molecule has 0 amide bonds. The monoisotopic (exact) mass is 435 g/mol. The summed E-state index contributed by atoms with van der Waals surface area (Å²) in [6, 6.07) is 19.4. The maximum absolute atomic E-state index is 13.6. The van der Waals surface area contributed by atoms with E-state index in [9.17, 15) is 4.21 Å². The molecule has 2 aromatic rings. The molecule has 3 unspecified atom stereocenters. The smallest absolute Gasteiger partial charge is 0.127 e. The SMILES string of the molecule is C/C=C1/CCC2(Cc3ccccc3)CN(S(=O)c3ccc(C(C)(C)C)cc3)CCC2C1. The Bertz CT molecular complexity index is 941. The van der Waals surface area contributed by atoms with Crippen molar-refractivity contribution in [2.45, 2.75) is 70.1 Å². The molecule has 2 aromatic carbocycles. The van der Waals surface area contributed by atoms with E-state index in [0.29, 0.717) is 5.92 Å². The molecule has 0 N–H and O–H groups in total. The second-order valence-corrected chi connectivity index (χ2v) is 12.0. The van der Waals surface area contributed by atoms with Crippen LogP contribution in [-0.4, -0.2) is 21.6 Å². The fourth-order valence-electron chi connectivity index (χ4n) is 5.51. The number of hydrogen-bond acceptors (Lipinski definition) is 1. The van der Waals surface area contributed by atoms with Gasteiger partial charge in [0.25, 0.3) is 0 Å². The van der Waals surface area contributed by atoms with E-state index in [1.54, 1.807) is 5.57 Å². The largest absolute Gasteiger partial charge is 0.237 e. The first-order chi connectivity index (χ1) is 14.8. The van der Waals surface area contributed by atoms with E-state index >= 15 is 0 Å². The predicted octanol–water partition coefficient (Wildman–Crippen LogP) is 6.69. The molecule has 0 spiro atoms. The van der Waals surface area contributed by atoms with E-state index in [2.05, 4.69) is 92.7 Å². The van der Waals surface area contributed by atoms with Crippen LogP contribution in [0.15, 0.2) is 71.1 Å². The Hall–Kier alpha value is -1.71. The van der Waals surface area contributed by atoms with E-state index in [-0.39, 0.29) is 10.8 Å². The van der Waals surface area contributed by atoms with Crippen LogP contribution in [-0.2, 0) is 22.8 Å². The van der Waals surface area contributed by atoms with Gasteiger partial charge in [-0.2, -0.15) is 0 Å². The summed E-state index contributed by atoms with van der Waals surface area (Å²) in [7, 11) is -1.10. The van der Waals surface area contributed by atoms with Crippen LogP contribution in [0.25, 0.3) is 0 Å². The van der Waals surface area contributed by atoms with Crippen molar-refractivity contribution in [2.24, 2.45) is 11.3 Å². The highest BCUT2D eigenvalue weighted by molar-refractivity contribution is 7.82. The van der Waals surface area contributed by atoms with Gasteiger partial charge in [0.15, 0.2) is 0 Å². The van der Waals surface area contributed by atoms with Crippen LogP contribution in [0.5, 0.6) is 0 Å². The minimum atomic E-state index is -1.10. The molecule has 3 atom stereocenters. The lowest BCUT2D eigenvalue weighted by molar-refractivity contribution is 0.0439. The highest BCUT2D eigenvalue weighted by atomic mass is 32.2. The molecule has 0 bridgehead atoms. The van der Waals surface area contributed by atoms with Gasteiger partial charge in [-0.25, -0.2) is 8.51 Å². The molecule has 1 aliphatic heterocycles. The zero-order chi connectivity index (χ0) is 22.1. The Labute approximate surface area is 191 Å². The lowest BCUT2D eigenvalue weighted by atomic mass is 9.60. The Balaban J connectivity index is 1.57. The normalized spacial score (nSPS) is 27.1. The summed E-state index contributed by atoms with van der Waals surface area (Å²) >= 11 is 0. The van der Waals surface area contributed by atoms with Gasteiger partial charge in [-0.05, 0) is 79.0 Å². The Kier molecular flexibility index (Phi) is 6.55. The minimum Gasteiger partial charge on any atom is -0.237 e. The second-order valence-electron chi connectivity index (χ2n) is 10.5. The van der Waals surface area contributed by atoms with Gasteiger partial charge in [0.1, 0.15) is 11.0 Å². The van der Waals surface area contributed by atoms with Crippen molar-refractivity contribution in [1.29, 1.82) is 0 Å². The molecule has 1 saturated heterocycles. The highest BCUT2D eigenvalue weighted by Gasteiger charge is 2.46. The van der Waals surface area contributed by atoms with E-state index in [0.717, 1.165) is 30.8 Å². The summed E-state index contributed by atoms with van der Waals surface area (Å²) in [5.74, 6) is 0.684. The van der Waals surface area contributed by atoms with Gasteiger partial charge in [-0.3, -0.25) is 0 Å². The first-order valence-electron chi connectivity index (χ1n) is 11.8. The fourth-order valence-corrected chi connectivity index (χ4v) is 6.82. The third kappa shape index (κ3) is 4.88. The van der Waals surface area contributed by atoms with E-state index < -0.39 is 11.0 Å². The van der Waals surface area contributed by atoms with E-state index in [1.807, 2.05) is 0 Å². The van der Waals surface area contributed by atoms with Crippen LogP contribution in [0.2, 0.25) is 0 Å². The van der Waals surface area contributed by atoms with Crippen molar-refractivity contribution in [3.8, 4) is 0 Å². The molecule has 1 aliphatic carbocycles. The average molecular weight is 436 g/mol. The molecule has 31 heavy (non-hydrogen) atoms. The molecule has 4 rings (SSSR count). The van der Waals surface area contributed by atoms with Crippen LogP contribution in [0, 0.1) is 11.3 Å². The van der Waals surface area contributed by atoms with Crippen LogP contribution in [0.1, 0.15) is 64.5 Å². The van der Waals surface area contributed by atoms with Crippen molar-refractivity contribution in [3.05, 3.63) is 77.4 Å². The molecular formula is C28H37NOS. The molecule has 166 valence electrons. The van der Waals surface area contributed by atoms with Gasteiger partial charge in [-0.1, -0.05) is 74.9 Å². The summed E-state index contributed by atoms with van der Waals surface area (Å²) in [6.07, 6.45) is 8.14. The van der Waals surface area contributed by atoms with E-state index in [1.165, 1.54) is 30.4 Å². The molecule has 2 nitrogen and oxygen atoms in total. The first-order valence-corrected chi connectivity index (χ1v) is 12.9. The van der Waals surface area contributed by atoms with Gasteiger partial charge in [0, 0.05) is 13.1 Å². The van der Waals surface area contributed by atoms with Crippen LogP contribution in [0.4, 0.5) is 0 Å². The Morgan fingerprint density at radius 1 is 1.10 bits per heavy atom. The number of allylic oxidation sites excluding steroid dienone is 2. The molecule has 0 aromatic heterocycles. The first kappa shape index (κ1) is 22.5. The lowest BCUT2D eigenvalue weighted by Crippen LogP contribution is -2.52. The summed E-state index contributed by atoms with van der Waals surface area (Å²) in [4.78, 5) is 0.936. The lowest BCUT2D eigenvalue weighted by Gasteiger charge is -2.51. The Morgan fingerprint density at radius 2 is 1.81 bits per heavy atom. The maximum Gasteiger partial charge on any atom is 0.127 e. The topological polar surface area (TPSA) is 20.3 Å². The number of hydrogen-bond donors (Lipinski definition) is 0. The fraction of sp³-hybridized carbons (Fsp3) is 0.500. The van der Waals surface area contributed by atoms with Crippen molar-refractivity contribution >= 4 is 11.0 Å². The number of fused-ring (bicyclic) bond motifs is 1. The average Bonchev–Trinajstić information content (AvgIpc) is 2.78. The van der Waals surface area contributed by atoms with E-state index in [4.69, 9.17) is 0 Å². The van der Waals surface area contributed by atoms with Crippen molar-refractivity contribution in [2.75, 3.05) is 13.1 Å². The standard InChI is InChI=1S/C28H37NOS/c1-5-22-15-17-28(20-23-9-7-6-8-10-23)21-29(18-16-25(28)19-22)31(30)26-13-11-24(12-14-26)27(2,3)4/h5-14,25H,15-21H2,1-4H3/b22-5-. The number of benzene rings is 2. The Morgan fingerprint density at radius 3 is 2.45 bits per heavy atom. The van der Waals surface area contributed by atoms with Gasteiger partial charge in [0.2, 0.25) is 0 Å². The summed E-state index contributed by atoms with van der Waals surface area (Å²) in [6.45, 7) is 10.7. The summed E-state index contributed by atoms with van der Waals surface area (Å²) in [5.41, 5.74) is 4.65. The quantitative estimate of drug-likeness (QED) is 0.490. The maximum atomic E-state index is 13.6. The predicted molar refractivity (Wildman–Crippen MR) is 131 cm³/mol. The molecule has 1 saturated carbocycles. The van der Waals surface area contributed by atoms with Gasteiger partial charge >= 0.3 is 0 Å². The summed E-state index contributed by atoms with van der Waals surface area (Å²) < 4.78 is 15.8. The van der Waals surface area contributed by atoms with Crippen molar-refractivity contribution in [3.63, 3.8) is 0 Å². The van der Waals surface area contributed by atoms with Crippen molar-refractivity contribution < 1.29 is 4.21 Å². The van der Waals surface area contributed by atoms with Crippen molar-refractivity contribution in [1.82, 2.24) is 4.31 Å². The van der Waals surface area contributed by atoms with Crippen LogP contribution >= 0.6 is 0 Å². The zero-order valence-electron chi connectivity index (χ0n) is 19.6. The number of rotatable bonds is 4. The molecular weight excluding hydrogens is 398 g/mol. The minimum absolute atomic E-state index is 0.116. The van der Waals surface area contributed by atoms with Gasteiger partial charge in [-0.15, -0.1) is 0 Å². The zero-order valence-corrected chi connectivity index (χ0v) is 20.4. The molecule has 3 heteroatoms. The van der Waals surface area contributed by atoms with Gasteiger partial charge < -0.3 is 0 Å². The third-order valence-corrected chi connectivity index (χ3v) is 8.96. The third-order valence-electron chi connectivity index (χ3n) is 7.50. The molecule has 1 heterocycles. The second kappa shape index (κ2) is 9.03. The summed E-state index contributed by atoms with van der Waals surface area (Å²) in [5, 5.41) is 0. The number of nitrogens with zero attached hydrogens (tertiary/aromatic N) is 1. The molecule has 0 radical (unpaired) electrons.